The molecule has 0 spiro atoms. The van der Waals surface area contributed by atoms with Gasteiger partial charge in [0.05, 0.1) is 6.04 Å². The average Bonchev–Trinajstić information content (AvgIpc) is 2.46. The SMILES string of the molecule is C=C1NC(=O)N[C@H](c2cccc(Cl)c2)[C@H]1C(=O)OC/C=C/C. The molecule has 6 heteroatoms. The van der Waals surface area contributed by atoms with Crippen LogP contribution in [0.4, 0.5) is 4.79 Å². The Kier molecular flexibility index (Phi) is 5.22. The predicted octanol–water partition coefficient (Wildman–Crippen LogP) is 2.94. The Morgan fingerprint density at radius 3 is 2.95 bits per heavy atom. The molecule has 0 radical (unpaired) electrons. The van der Waals surface area contributed by atoms with Gasteiger partial charge in [-0.3, -0.25) is 4.79 Å². The number of allylic oxidation sites excluding steroid dienone is 1. The molecular formula is C16H17ClN2O3. The number of urea groups is 1. The molecule has 5 nitrogen and oxygen atoms in total. The van der Waals surface area contributed by atoms with E-state index in [4.69, 9.17) is 16.3 Å². The molecule has 1 aliphatic heterocycles. The monoisotopic (exact) mass is 320 g/mol. The summed E-state index contributed by atoms with van der Waals surface area (Å²) in [6, 6.07) is 6.00. The second-order valence-corrected chi connectivity index (χ2v) is 5.27. The maximum atomic E-state index is 12.3. The Hall–Kier alpha value is -2.27. The molecule has 1 aliphatic rings. The van der Waals surface area contributed by atoms with Gasteiger partial charge in [-0.25, -0.2) is 4.79 Å². The third-order valence-electron chi connectivity index (χ3n) is 3.29. The molecule has 1 aromatic rings. The van der Waals surface area contributed by atoms with Crippen molar-refractivity contribution < 1.29 is 14.3 Å². The highest BCUT2D eigenvalue weighted by molar-refractivity contribution is 6.30. The molecule has 22 heavy (non-hydrogen) atoms. The topological polar surface area (TPSA) is 67.4 Å². The van der Waals surface area contributed by atoms with E-state index in [0.717, 1.165) is 5.56 Å². The number of nitrogens with one attached hydrogen (secondary N) is 2. The van der Waals surface area contributed by atoms with Crippen LogP contribution in [-0.2, 0) is 9.53 Å². The Bertz CT molecular complexity index is 628. The zero-order valence-corrected chi connectivity index (χ0v) is 12.9. The molecule has 0 bridgehead atoms. The first-order valence-electron chi connectivity index (χ1n) is 6.82. The minimum atomic E-state index is -0.721. The van der Waals surface area contributed by atoms with E-state index in [1.165, 1.54) is 0 Å². The van der Waals surface area contributed by atoms with Gasteiger partial charge < -0.3 is 15.4 Å². The number of hydrogen-bond acceptors (Lipinski definition) is 3. The van der Waals surface area contributed by atoms with Crippen molar-refractivity contribution in [3.8, 4) is 0 Å². The maximum absolute atomic E-state index is 12.3. The van der Waals surface area contributed by atoms with Gasteiger partial charge in [-0.2, -0.15) is 0 Å². The lowest BCUT2D eigenvalue weighted by Gasteiger charge is -2.33. The molecule has 1 aromatic carbocycles. The normalized spacial score (nSPS) is 21.4. The number of hydrogen-bond donors (Lipinski definition) is 2. The number of esters is 1. The first-order valence-corrected chi connectivity index (χ1v) is 7.20. The van der Waals surface area contributed by atoms with Crippen molar-refractivity contribution in [1.29, 1.82) is 0 Å². The van der Waals surface area contributed by atoms with Crippen molar-refractivity contribution in [3.63, 3.8) is 0 Å². The molecule has 0 unspecified atom stereocenters. The summed E-state index contributed by atoms with van der Waals surface area (Å²) >= 11 is 5.99. The first-order chi connectivity index (χ1) is 10.5. The molecule has 2 N–H and O–H groups in total. The van der Waals surface area contributed by atoms with Crippen LogP contribution in [0.15, 0.2) is 48.7 Å². The minimum Gasteiger partial charge on any atom is -0.461 e. The Labute approximate surface area is 134 Å². The molecule has 2 rings (SSSR count). The second kappa shape index (κ2) is 7.13. The van der Waals surface area contributed by atoms with E-state index in [0.29, 0.717) is 10.7 Å². The van der Waals surface area contributed by atoms with Gasteiger partial charge in [0.2, 0.25) is 0 Å². The van der Waals surface area contributed by atoms with Gasteiger partial charge in [0.25, 0.3) is 0 Å². The fourth-order valence-electron chi connectivity index (χ4n) is 2.26. The summed E-state index contributed by atoms with van der Waals surface area (Å²) in [5.41, 5.74) is 1.02. The number of amides is 2. The van der Waals surface area contributed by atoms with Crippen LogP contribution in [0.5, 0.6) is 0 Å². The lowest BCUT2D eigenvalue weighted by molar-refractivity contribution is -0.147. The van der Waals surface area contributed by atoms with E-state index in [-0.39, 0.29) is 6.61 Å². The highest BCUT2D eigenvalue weighted by Crippen LogP contribution is 2.31. The molecule has 0 aliphatic carbocycles. The molecule has 116 valence electrons. The van der Waals surface area contributed by atoms with Crippen molar-refractivity contribution in [2.24, 2.45) is 5.92 Å². The van der Waals surface area contributed by atoms with Crippen LogP contribution in [0, 0.1) is 5.92 Å². The quantitative estimate of drug-likeness (QED) is 0.662. The number of benzene rings is 1. The predicted molar refractivity (Wildman–Crippen MR) is 84.3 cm³/mol. The number of rotatable bonds is 4. The van der Waals surface area contributed by atoms with Gasteiger partial charge in [-0.1, -0.05) is 42.5 Å². The Morgan fingerprint density at radius 1 is 1.50 bits per heavy atom. The van der Waals surface area contributed by atoms with Crippen LogP contribution < -0.4 is 10.6 Å². The third-order valence-corrected chi connectivity index (χ3v) is 3.52. The smallest absolute Gasteiger partial charge is 0.319 e. The van der Waals surface area contributed by atoms with Crippen LogP contribution in [-0.4, -0.2) is 18.6 Å². The van der Waals surface area contributed by atoms with Crippen LogP contribution in [0.1, 0.15) is 18.5 Å². The molecule has 2 atom stereocenters. The van der Waals surface area contributed by atoms with Gasteiger partial charge in [0, 0.05) is 10.7 Å². The molecule has 1 heterocycles. The van der Waals surface area contributed by atoms with Crippen molar-refractivity contribution >= 4 is 23.6 Å². The summed E-state index contributed by atoms with van der Waals surface area (Å²) in [6.07, 6.45) is 3.52. The highest BCUT2D eigenvalue weighted by Gasteiger charge is 2.38. The van der Waals surface area contributed by atoms with Crippen LogP contribution in [0.3, 0.4) is 0 Å². The number of ether oxygens (including phenoxy) is 1. The van der Waals surface area contributed by atoms with Crippen molar-refractivity contribution in [2.45, 2.75) is 13.0 Å². The van der Waals surface area contributed by atoms with E-state index >= 15 is 0 Å². The van der Waals surface area contributed by atoms with E-state index in [9.17, 15) is 9.59 Å². The average molecular weight is 321 g/mol. The molecular weight excluding hydrogens is 304 g/mol. The summed E-state index contributed by atoms with van der Waals surface area (Å²) in [5.74, 6) is -1.18. The molecule has 1 fully saturated rings. The summed E-state index contributed by atoms with van der Waals surface area (Å²) in [5, 5.41) is 5.77. The third kappa shape index (κ3) is 3.68. The molecule has 1 saturated heterocycles. The molecule has 0 aromatic heterocycles. The van der Waals surface area contributed by atoms with Gasteiger partial charge in [0.1, 0.15) is 12.5 Å². The maximum Gasteiger partial charge on any atom is 0.319 e. The van der Waals surface area contributed by atoms with Crippen LogP contribution >= 0.6 is 11.6 Å². The van der Waals surface area contributed by atoms with Crippen LogP contribution in [0.2, 0.25) is 5.02 Å². The zero-order valence-electron chi connectivity index (χ0n) is 12.1. The van der Waals surface area contributed by atoms with Crippen molar-refractivity contribution in [2.75, 3.05) is 6.61 Å². The highest BCUT2D eigenvalue weighted by atomic mass is 35.5. The molecule has 2 amide bonds. The lowest BCUT2D eigenvalue weighted by Crippen LogP contribution is -2.51. The zero-order chi connectivity index (χ0) is 16.1. The van der Waals surface area contributed by atoms with Crippen LogP contribution in [0.25, 0.3) is 0 Å². The largest absolute Gasteiger partial charge is 0.461 e. The van der Waals surface area contributed by atoms with Gasteiger partial charge >= 0.3 is 12.0 Å². The lowest BCUT2D eigenvalue weighted by atomic mass is 9.89. The Balaban J connectivity index is 2.27. The standard InChI is InChI=1S/C16H17ClN2O3/c1-3-4-8-22-15(20)13-10(2)18-16(21)19-14(13)11-6-5-7-12(17)9-11/h3-7,9,13-14H,2,8H2,1H3,(H2,18,19,21)/b4-3+/t13-,14+/m0/s1. The number of carbonyl (C=O) groups is 2. The summed E-state index contributed by atoms with van der Waals surface area (Å²) in [6.45, 7) is 5.78. The van der Waals surface area contributed by atoms with E-state index in [1.807, 2.05) is 6.92 Å². The fourth-order valence-corrected chi connectivity index (χ4v) is 2.45. The van der Waals surface area contributed by atoms with E-state index in [2.05, 4.69) is 17.2 Å². The number of halogens is 1. The second-order valence-electron chi connectivity index (χ2n) is 4.83. The van der Waals surface area contributed by atoms with E-state index in [1.54, 1.807) is 36.4 Å². The number of carbonyl (C=O) groups excluding carboxylic acids is 2. The summed E-state index contributed by atoms with van der Waals surface area (Å²) in [7, 11) is 0. The van der Waals surface area contributed by atoms with Gasteiger partial charge in [-0.15, -0.1) is 0 Å². The Morgan fingerprint density at radius 2 is 2.27 bits per heavy atom. The van der Waals surface area contributed by atoms with E-state index < -0.39 is 24.0 Å². The molecule has 0 saturated carbocycles. The van der Waals surface area contributed by atoms with Crippen molar-refractivity contribution in [3.05, 3.63) is 59.3 Å². The van der Waals surface area contributed by atoms with Gasteiger partial charge in [0.15, 0.2) is 0 Å². The summed E-state index contributed by atoms with van der Waals surface area (Å²) < 4.78 is 5.20. The minimum absolute atomic E-state index is 0.176. The summed E-state index contributed by atoms with van der Waals surface area (Å²) in [4.78, 5) is 24.0. The van der Waals surface area contributed by atoms with Crippen molar-refractivity contribution in [1.82, 2.24) is 10.6 Å². The van der Waals surface area contributed by atoms with Gasteiger partial charge in [-0.05, 0) is 24.6 Å². The fraction of sp³-hybridized carbons (Fsp3) is 0.250. The first kappa shape index (κ1) is 16.1.